The summed E-state index contributed by atoms with van der Waals surface area (Å²) in [4.78, 5) is 28.5. The van der Waals surface area contributed by atoms with Crippen LogP contribution in [0, 0.1) is 0 Å². The first-order chi connectivity index (χ1) is 16.1. The van der Waals surface area contributed by atoms with Crippen LogP contribution in [0.2, 0.25) is 0 Å². The number of allylic oxidation sites excluding steroid dienone is 1. The molecule has 0 saturated carbocycles. The summed E-state index contributed by atoms with van der Waals surface area (Å²) < 4.78 is 2.09. The fraction of sp³-hybridized carbons (Fsp3) is 0.357. The molecule has 1 aliphatic carbocycles. The highest BCUT2D eigenvalue weighted by atomic mass is 16.2. The molecule has 5 heteroatoms. The van der Waals surface area contributed by atoms with Gasteiger partial charge in [-0.05, 0) is 56.7 Å². The lowest BCUT2D eigenvalue weighted by molar-refractivity contribution is -0.125. The Morgan fingerprint density at radius 2 is 1.88 bits per heavy atom. The first-order valence-electron chi connectivity index (χ1n) is 12.0. The average Bonchev–Trinajstić information content (AvgIpc) is 3.33. The van der Waals surface area contributed by atoms with Crippen LogP contribution in [-0.4, -0.2) is 33.9 Å². The molecule has 1 aliphatic heterocycles. The van der Waals surface area contributed by atoms with Crippen LogP contribution in [-0.2, 0) is 11.8 Å². The van der Waals surface area contributed by atoms with Crippen LogP contribution in [0.1, 0.15) is 66.6 Å². The second-order valence-electron chi connectivity index (χ2n) is 9.24. The lowest BCUT2D eigenvalue weighted by atomic mass is 9.96. The first-order valence-corrected chi connectivity index (χ1v) is 12.0. The number of aryl methyl sites for hydroxylation is 1. The van der Waals surface area contributed by atoms with E-state index in [1.807, 2.05) is 50.4 Å². The van der Waals surface area contributed by atoms with Gasteiger partial charge >= 0.3 is 0 Å². The molecule has 0 spiro atoms. The maximum atomic E-state index is 13.5. The van der Waals surface area contributed by atoms with E-state index in [4.69, 9.17) is 0 Å². The predicted molar refractivity (Wildman–Crippen MR) is 131 cm³/mol. The Hall–Kier alpha value is -3.34. The van der Waals surface area contributed by atoms with E-state index in [0.29, 0.717) is 12.1 Å². The number of hydrogen-bond acceptors (Lipinski definition) is 2. The van der Waals surface area contributed by atoms with E-state index in [9.17, 15) is 9.59 Å². The molecule has 1 N–H and O–H groups in total. The van der Waals surface area contributed by atoms with Crippen LogP contribution in [0.4, 0.5) is 0 Å². The summed E-state index contributed by atoms with van der Waals surface area (Å²) in [7, 11) is 2.02. The molecule has 2 aromatic carbocycles. The molecular weight excluding hydrogens is 410 g/mol. The number of carbonyl (C=O) groups excluding carboxylic acids is 2. The molecule has 2 aliphatic rings. The Balaban J connectivity index is 1.44. The molecule has 33 heavy (non-hydrogen) atoms. The third kappa shape index (κ3) is 3.86. The van der Waals surface area contributed by atoms with Crippen LogP contribution in [0.5, 0.6) is 0 Å². The molecule has 0 radical (unpaired) electrons. The standard InChI is InChI=1S/C28H31N3O2/c1-19(27(32)29-17-16-20-10-4-3-5-11-20)31-26(22-13-6-7-14-23(22)28(31)33)24-18-30(2)25-15-9-8-12-21(24)25/h6-10,12-15,18-19,26H,3-5,11,16-17H2,1-2H3,(H,29,32). The zero-order valence-electron chi connectivity index (χ0n) is 19.4. The van der Waals surface area contributed by atoms with Crippen molar-refractivity contribution in [3.05, 3.63) is 83.1 Å². The van der Waals surface area contributed by atoms with Gasteiger partial charge in [-0.15, -0.1) is 0 Å². The number of amides is 2. The summed E-state index contributed by atoms with van der Waals surface area (Å²) in [6.07, 6.45) is 10.1. The maximum Gasteiger partial charge on any atom is 0.255 e. The topological polar surface area (TPSA) is 54.3 Å². The molecule has 1 aromatic heterocycles. The van der Waals surface area contributed by atoms with Gasteiger partial charge in [-0.3, -0.25) is 9.59 Å². The van der Waals surface area contributed by atoms with Gasteiger partial charge in [0.2, 0.25) is 5.91 Å². The second kappa shape index (κ2) is 8.89. The van der Waals surface area contributed by atoms with Gasteiger partial charge in [0.05, 0.1) is 6.04 Å². The number of rotatable bonds is 6. The highest BCUT2D eigenvalue weighted by Crippen LogP contribution is 2.42. The van der Waals surface area contributed by atoms with Gasteiger partial charge in [0.15, 0.2) is 0 Å². The zero-order chi connectivity index (χ0) is 22.9. The van der Waals surface area contributed by atoms with E-state index in [1.165, 1.54) is 18.4 Å². The van der Waals surface area contributed by atoms with Crippen LogP contribution in [0.15, 0.2) is 66.4 Å². The third-order valence-corrected chi connectivity index (χ3v) is 7.15. The van der Waals surface area contributed by atoms with Crippen molar-refractivity contribution in [1.29, 1.82) is 0 Å². The van der Waals surface area contributed by atoms with E-state index in [1.54, 1.807) is 4.90 Å². The van der Waals surface area contributed by atoms with Crippen LogP contribution >= 0.6 is 0 Å². The lowest BCUT2D eigenvalue weighted by Crippen LogP contribution is -2.47. The number of carbonyl (C=O) groups is 2. The number of nitrogens with one attached hydrogen (secondary N) is 1. The number of para-hydroxylation sites is 1. The highest BCUT2D eigenvalue weighted by Gasteiger charge is 2.43. The average molecular weight is 442 g/mol. The summed E-state index contributed by atoms with van der Waals surface area (Å²) in [6.45, 7) is 2.46. The highest BCUT2D eigenvalue weighted by molar-refractivity contribution is 6.03. The zero-order valence-corrected chi connectivity index (χ0v) is 19.4. The Morgan fingerprint density at radius 1 is 1.09 bits per heavy atom. The molecule has 0 bridgehead atoms. The summed E-state index contributed by atoms with van der Waals surface area (Å²) in [6, 6.07) is 15.1. The van der Waals surface area contributed by atoms with Crippen molar-refractivity contribution in [2.45, 2.75) is 51.1 Å². The minimum Gasteiger partial charge on any atom is -0.354 e. The van der Waals surface area contributed by atoms with E-state index in [2.05, 4.69) is 34.3 Å². The molecule has 0 saturated heterocycles. The van der Waals surface area contributed by atoms with Crippen molar-refractivity contribution >= 4 is 22.7 Å². The van der Waals surface area contributed by atoms with E-state index < -0.39 is 6.04 Å². The third-order valence-electron chi connectivity index (χ3n) is 7.15. The van der Waals surface area contributed by atoms with Gasteiger partial charge < -0.3 is 14.8 Å². The Kier molecular flexibility index (Phi) is 5.79. The van der Waals surface area contributed by atoms with Crippen LogP contribution in [0.25, 0.3) is 10.9 Å². The predicted octanol–water partition coefficient (Wildman–Crippen LogP) is 5.12. The molecule has 2 atom stereocenters. The fourth-order valence-electron chi connectivity index (χ4n) is 5.40. The molecular formula is C28H31N3O2. The minimum absolute atomic E-state index is 0.0822. The van der Waals surface area contributed by atoms with Gasteiger partial charge in [-0.2, -0.15) is 0 Å². The number of fused-ring (bicyclic) bond motifs is 2. The first kappa shape index (κ1) is 21.5. The summed E-state index contributed by atoms with van der Waals surface area (Å²) in [5.41, 5.74) is 5.25. The number of nitrogens with zero attached hydrogens (tertiary/aromatic N) is 2. The van der Waals surface area contributed by atoms with Crippen molar-refractivity contribution in [2.75, 3.05) is 6.54 Å². The fourth-order valence-corrected chi connectivity index (χ4v) is 5.40. The quantitative estimate of drug-likeness (QED) is 0.540. The minimum atomic E-state index is -0.575. The monoisotopic (exact) mass is 441 g/mol. The van der Waals surface area contributed by atoms with Crippen molar-refractivity contribution in [2.24, 2.45) is 7.05 Å². The van der Waals surface area contributed by atoms with E-state index in [0.717, 1.165) is 41.3 Å². The van der Waals surface area contributed by atoms with Crippen LogP contribution in [0.3, 0.4) is 0 Å². The van der Waals surface area contributed by atoms with Gasteiger partial charge in [-0.25, -0.2) is 0 Å². The molecule has 170 valence electrons. The maximum absolute atomic E-state index is 13.5. The Bertz CT molecular complexity index is 1240. The number of benzene rings is 2. The van der Waals surface area contributed by atoms with Crippen molar-refractivity contribution in [1.82, 2.24) is 14.8 Å². The smallest absolute Gasteiger partial charge is 0.255 e. The molecule has 5 rings (SSSR count). The summed E-state index contributed by atoms with van der Waals surface area (Å²) in [5, 5.41) is 4.20. The van der Waals surface area contributed by atoms with Crippen molar-refractivity contribution in [3.63, 3.8) is 0 Å². The van der Waals surface area contributed by atoms with Gasteiger partial charge in [-0.1, -0.05) is 48.0 Å². The number of aromatic nitrogens is 1. The summed E-state index contributed by atoms with van der Waals surface area (Å²) in [5.74, 6) is -0.182. The van der Waals surface area contributed by atoms with E-state index >= 15 is 0 Å². The van der Waals surface area contributed by atoms with Crippen molar-refractivity contribution in [3.8, 4) is 0 Å². The largest absolute Gasteiger partial charge is 0.354 e. The SMILES string of the molecule is CC(C(=O)NCCC1=CCCCC1)N1C(=O)c2ccccc2C1c1cn(C)c2ccccc12. The van der Waals surface area contributed by atoms with Gasteiger partial charge in [0.1, 0.15) is 6.04 Å². The lowest BCUT2D eigenvalue weighted by Gasteiger charge is -2.30. The van der Waals surface area contributed by atoms with Crippen LogP contribution < -0.4 is 5.32 Å². The van der Waals surface area contributed by atoms with E-state index in [-0.39, 0.29) is 17.9 Å². The summed E-state index contributed by atoms with van der Waals surface area (Å²) >= 11 is 0. The molecule has 2 amide bonds. The second-order valence-corrected chi connectivity index (χ2v) is 9.24. The molecule has 0 fully saturated rings. The molecule has 3 aromatic rings. The Morgan fingerprint density at radius 3 is 2.70 bits per heavy atom. The Labute approximate surface area is 195 Å². The van der Waals surface area contributed by atoms with Crippen molar-refractivity contribution < 1.29 is 9.59 Å². The normalized spacial score (nSPS) is 18.8. The number of hydrogen-bond donors (Lipinski definition) is 1. The molecule has 2 unspecified atom stereocenters. The van der Waals surface area contributed by atoms with Gasteiger partial charge in [0, 0.05) is 41.8 Å². The van der Waals surface area contributed by atoms with Gasteiger partial charge in [0.25, 0.3) is 5.91 Å². The molecule has 5 nitrogen and oxygen atoms in total. The molecule has 2 heterocycles.